The molecule has 0 spiro atoms. The molecule has 0 saturated heterocycles. The van der Waals surface area contributed by atoms with Crippen LogP contribution in [0.1, 0.15) is 20.7 Å². The van der Waals surface area contributed by atoms with Gasteiger partial charge in [-0.15, -0.1) is 0 Å². The molecule has 0 aromatic heterocycles. The van der Waals surface area contributed by atoms with Crippen molar-refractivity contribution in [2.75, 3.05) is 0 Å². The molecule has 0 radical (unpaired) electrons. The van der Waals surface area contributed by atoms with Crippen molar-refractivity contribution in [1.29, 1.82) is 0 Å². The van der Waals surface area contributed by atoms with E-state index in [1.54, 1.807) is 0 Å². The Kier molecular flexibility index (Phi) is 8.12. The number of rotatable bonds is 7. The van der Waals surface area contributed by atoms with Gasteiger partial charge in [0.1, 0.15) is 0 Å². The average molecular weight is 651 g/mol. The number of ketones is 2. The molecule has 0 fully saturated rings. The molecule has 0 atom stereocenters. The molecule has 0 saturated carbocycles. The minimum atomic E-state index is -0.325. The number of Topliss-reactive ketones (excluding diaryl/α,β-unsaturated/α-hetero) is 2. The molecule has 0 aliphatic carbocycles. The molecule has 114 valence electrons. The third-order valence-electron chi connectivity index (χ3n) is 2.80. The summed E-state index contributed by atoms with van der Waals surface area (Å²) in [6.07, 6.45) is 0. The fourth-order valence-electron chi connectivity index (χ4n) is 1.63. The Labute approximate surface area is 163 Å². The van der Waals surface area contributed by atoms with Gasteiger partial charge >= 0.3 is 165 Å². The van der Waals surface area contributed by atoms with E-state index in [-0.39, 0.29) is 45.7 Å². The van der Waals surface area contributed by atoms with Gasteiger partial charge in [0.05, 0.1) is 0 Å². The van der Waals surface area contributed by atoms with E-state index in [1.807, 2.05) is 48.5 Å². The van der Waals surface area contributed by atoms with Crippen LogP contribution in [0.25, 0.3) is 0 Å². The number of carbonyl (C=O) groups excluding carboxylic acids is 2. The average Bonchev–Trinajstić information content (AvgIpc) is 2.52. The van der Waals surface area contributed by atoms with E-state index in [9.17, 15) is 9.59 Å². The van der Waals surface area contributed by atoms with Crippen molar-refractivity contribution >= 4 is 77.5 Å². The van der Waals surface area contributed by atoms with Gasteiger partial charge in [0.15, 0.2) is 0 Å². The predicted octanol–water partition coefficient (Wildman–Crippen LogP) is 4.44. The van der Waals surface area contributed by atoms with Crippen LogP contribution in [0.5, 0.6) is 0 Å². The van der Waals surface area contributed by atoms with E-state index in [0.717, 1.165) is 20.1 Å². The standard InChI is InChI=1S/C16H12Br2O2Te2/c17-13-5-1-11(2-6-13)15(19)9-21-22-10-16(20)12-3-7-14(18)8-4-12/h1-8H,9-10H2. The summed E-state index contributed by atoms with van der Waals surface area (Å²) in [4.78, 5) is 24.1. The van der Waals surface area contributed by atoms with Gasteiger partial charge < -0.3 is 0 Å². The third-order valence-corrected chi connectivity index (χ3v) is 14.2. The van der Waals surface area contributed by atoms with Crippen molar-refractivity contribution < 1.29 is 9.59 Å². The Morgan fingerprint density at radius 3 is 1.32 bits per heavy atom. The van der Waals surface area contributed by atoms with Crippen molar-refractivity contribution in [3.63, 3.8) is 0 Å². The van der Waals surface area contributed by atoms with E-state index in [4.69, 9.17) is 0 Å². The van der Waals surface area contributed by atoms with Gasteiger partial charge in [-0.05, 0) is 0 Å². The molecule has 2 aromatic carbocycles. The van der Waals surface area contributed by atoms with Crippen LogP contribution in [0.3, 0.4) is 0 Å². The van der Waals surface area contributed by atoms with Crippen molar-refractivity contribution in [3.8, 4) is 0 Å². The Hall–Kier alpha value is 0.319. The molecule has 2 rings (SSSR count). The molecule has 0 amide bonds. The van der Waals surface area contributed by atoms with Gasteiger partial charge in [0.25, 0.3) is 0 Å². The van der Waals surface area contributed by atoms with Crippen molar-refractivity contribution in [3.05, 3.63) is 68.6 Å². The Morgan fingerprint density at radius 2 is 1.00 bits per heavy atom. The van der Waals surface area contributed by atoms with Crippen molar-refractivity contribution in [1.82, 2.24) is 0 Å². The number of hydrogen-bond donors (Lipinski definition) is 0. The van der Waals surface area contributed by atoms with Crippen LogP contribution in [-0.2, 0) is 0 Å². The van der Waals surface area contributed by atoms with E-state index in [0.29, 0.717) is 8.94 Å². The molecule has 0 aliphatic heterocycles. The van der Waals surface area contributed by atoms with Crippen LogP contribution in [0.2, 0.25) is 8.94 Å². The topological polar surface area (TPSA) is 34.1 Å². The molecule has 0 N–H and O–H groups in total. The second-order valence-electron chi connectivity index (χ2n) is 4.38. The van der Waals surface area contributed by atoms with Gasteiger partial charge in [0.2, 0.25) is 0 Å². The zero-order valence-electron chi connectivity index (χ0n) is 11.4. The Bertz CT molecular complexity index is 595. The summed E-state index contributed by atoms with van der Waals surface area (Å²) in [5.74, 6) is 0.437. The van der Waals surface area contributed by atoms with Crippen molar-refractivity contribution in [2.24, 2.45) is 0 Å². The number of halogens is 2. The van der Waals surface area contributed by atoms with E-state index < -0.39 is 0 Å². The third kappa shape index (κ3) is 6.08. The molecule has 6 heteroatoms. The predicted molar refractivity (Wildman–Crippen MR) is 98.1 cm³/mol. The first kappa shape index (κ1) is 18.7. The minimum absolute atomic E-state index is 0.219. The molecular formula is C16H12Br2O2Te2. The fourth-order valence-corrected chi connectivity index (χ4v) is 11.5. The van der Waals surface area contributed by atoms with Crippen LogP contribution in [0, 0.1) is 0 Å². The molecule has 0 aliphatic rings. The van der Waals surface area contributed by atoms with E-state index in [1.165, 1.54) is 0 Å². The fraction of sp³-hybridized carbons (Fsp3) is 0.125. The summed E-state index contributed by atoms with van der Waals surface area (Å²) >= 11 is 6.08. The van der Waals surface area contributed by atoms with Crippen LogP contribution in [0.4, 0.5) is 0 Å². The van der Waals surface area contributed by atoms with Crippen LogP contribution in [0.15, 0.2) is 57.5 Å². The Morgan fingerprint density at radius 1 is 0.682 bits per heavy atom. The summed E-state index contributed by atoms with van der Waals surface area (Å²) in [7, 11) is 0. The SMILES string of the molecule is O=C(C[Te][Te]CC(=O)c1ccc(Br)cc1)c1ccc(Br)cc1. The van der Waals surface area contributed by atoms with Gasteiger partial charge in [-0.1, -0.05) is 0 Å². The first-order chi connectivity index (χ1) is 10.6. The quantitative estimate of drug-likeness (QED) is 0.253. The molecule has 2 aromatic rings. The second-order valence-corrected chi connectivity index (χ2v) is 18.2. The normalized spacial score (nSPS) is 10.5. The first-order valence-electron chi connectivity index (χ1n) is 6.38. The monoisotopic (exact) mass is 654 g/mol. The number of benzene rings is 2. The van der Waals surface area contributed by atoms with Crippen LogP contribution >= 0.6 is 31.9 Å². The molecule has 0 bridgehead atoms. The zero-order chi connectivity index (χ0) is 15.9. The Balaban J connectivity index is 1.74. The summed E-state index contributed by atoms with van der Waals surface area (Å²) < 4.78 is 3.30. The summed E-state index contributed by atoms with van der Waals surface area (Å²) in [6.45, 7) is 0. The second kappa shape index (κ2) is 9.58. The summed E-state index contributed by atoms with van der Waals surface area (Å²) in [5, 5.41) is 0. The molecule has 22 heavy (non-hydrogen) atoms. The first-order valence-corrected chi connectivity index (χ1v) is 18.6. The summed E-state index contributed by atoms with van der Waals surface area (Å²) in [6, 6.07) is 15.0. The van der Waals surface area contributed by atoms with Crippen molar-refractivity contribution in [2.45, 2.75) is 8.94 Å². The summed E-state index contributed by atoms with van der Waals surface area (Å²) in [5.41, 5.74) is 1.56. The van der Waals surface area contributed by atoms with Gasteiger partial charge in [0, 0.05) is 0 Å². The van der Waals surface area contributed by atoms with E-state index >= 15 is 0 Å². The molecule has 0 heterocycles. The van der Waals surface area contributed by atoms with Crippen LogP contribution in [-0.4, -0.2) is 45.7 Å². The number of hydrogen-bond acceptors (Lipinski definition) is 2. The molecule has 0 unspecified atom stereocenters. The van der Waals surface area contributed by atoms with Gasteiger partial charge in [-0.25, -0.2) is 0 Å². The molecule has 2 nitrogen and oxygen atoms in total. The zero-order valence-corrected chi connectivity index (χ0v) is 19.3. The van der Waals surface area contributed by atoms with Gasteiger partial charge in [-0.3, -0.25) is 0 Å². The maximum absolute atomic E-state index is 12.1. The van der Waals surface area contributed by atoms with Crippen LogP contribution < -0.4 is 0 Å². The van der Waals surface area contributed by atoms with E-state index in [2.05, 4.69) is 31.9 Å². The maximum atomic E-state index is 12.1. The number of carbonyl (C=O) groups is 2. The van der Waals surface area contributed by atoms with Gasteiger partial charge in [-0.2, -0.15) is 0 Å². The molecular weight excluding hydrogens is 639 g/mol.